The summed E-state index contributed by atoms with van der Waals surface area (Å²) in [6, 6.07) is 3.34. The molecule has 0 spiro atoms. The molecule has 2 atom stereocenters. The number of fused-ring (bicyclic) bond motifs is 2. The number of hydrazine groups is 1. The fraction of sp³-hybridized carbons (Fsp3) is 0.286. The zero-order valence-electron chi connectivity index (χ0n) is 24.3. The minimum atomic E-state index is -4.88. The predicted octanol–water partition coefficient (Wildman–Crippen LogP) is 4.81. The Balaban J connectivity index is 1.86. The SMILES string of the molecule is CC1CCCC(n2cnc(-c3cc(Cl)cnc3N(N)/C=C(\N)C(F)(F)F)c(Br)c2=O)c2cc(ccn2)/C(NC(F)F)=C(/C=N)NC1=O. The number of carbonyl (C=O) groups is 1. The zero-order valence-corrected chi connectivity index (χ0v) is 26.7. The third-order valence-electron chi connectivity index (χ3n) is 7.11. The predicted molar refractivity (Wildman–Crippen MR) is 168 cm³/mol. The summed E-state index contributed by atoms with van der Waals surface area (Å²) in [7, 11) is 0. The maximum absolute atomic E-state index is 13.9. The van der Waals surface area contributed by atoms with E-state index in [0.29, 0.717) is 24.1 Å². The topological polar surface area (TPSA) is 181 Å². The Hall–Kier alpha value is -4.42. The molecular weight excluding hydrogens is 719 g/mol. The molecule has 3 aromatic rings. The lowest BCUT2D eigenvalue weighted by atomic mass is 9.96. The monoisotopic (exact) mass is 744 g/mol. The highest BCUT2D eigenvalue weighted by atomic mass is 79.9. The Labute approximate surface area is 277 Å². The number of nitrogens with zero attached hydrogens (tertiary/aromatic N) is 5. The summed E-state index contributed by atoms with van der Waals surface area (Å²) in [6.45, 7) is -1.40. The van der Waals surface area contributed by atoms with Crippen LogP contribution in [0.15, 0.2) is 63.8 Å². The van der Waals surface area contributed by atoms with Gasteiger partial charge >= 0.3 is 12.7 Å². The zero-order chi connectivity index (χ0) is 34.6. The highest BCUT2D eigenvalue weighted by Gasteiger charge is 2.33. The molecule has 4 rings (SSSR count). The summed E-state index contributed by atoms with van der Waals surface area (Å²) in [5.41, 5.74) is 2.92. The Morgan fingerprint density at radius 2 is 1.98 bits per heavy atom. The van der Waals surface area contributed by atoms with Gasteiger partial charge in [0.15, 0.2) is 5.82 Å². The summed E-state index contributed by atoms with van der Waals surface area (Å²) in [5.74, 6) is 4.53. The molecule has 0 aliphatic carbocycles. The molecule has 1 amide bonds. The van der Waals surface area contributed by atoms with Crippen LogP contribution in [0.5, 0.6) is 0 Å². The van der Waals surface area contributed by atoms with Gasteiger partial charge < -0.3 is 21.8 Å². The van der Waals surface area contributed by atoms with Gasteiger partial charge in [-0.15, -0.1) is 0 Å². The molecule has 0 aromatic carbocycles. The minimum absolute atomic E-state index is 0.00646. The molecule has 0 fully saturated rings. The summed E-state index contributed by atoms with van der Waals surface area (Å²) in [4.78, 5) is 39.5. The van der Waals surface area contributed by atoms with Gasteiger partial charge in [0, 0.05) is 35.7 Å². The molecule has 0 radical (unpaired) electrons. The van der Waals surface area contributed by atoms with Gasteiger partial charge in [0.1, 0.15) is 10.2 Å². The van der Waals surface area contributed by atoms with Gasteiger partial charge in [-0.1, -0.05) is 24.9 Å². The van der Waals surface area contributed by atoms with Crippen molar-refractivity contribution >= 4 is 51.2 Å². The number of allylic oxidation sites excluding steroid dienone is 2. The van der Waals surface area contributed by atoms with Crippen molar-refractivity contribution < 1.29 is 26.7 Å². The van der Waals surface area contributed by atoms with Crippen molar-refractivity contribution in [1.29, 1.82) is 5.41 Å². The molecule has 19 heteroatoms. The van der Waals surface area contributed by atoms with Gasteiger partial charge in [-0.3, -0.25) is 24.1 Å². The van der Waals surface area contributed by atoms with Gasteiger partial charge in [-0.25, -0.2) is 15.8 Å². The second-order valence-electron chi connectivity index (χ2n) is 10.3. The number of hydrogen-bond acceptors (Lipinski definition) is 10. The van der Waals surface area contributed by atoms with Crippen molar-refractivity contribution in [3.63, 3.8) is 0 Å². The van der Waals surface area contributed by atoms with Gasteiger partial charge in [-0.2, -0.15) is 22.0 Å². The summed E-state index contributed by atoms with van der Waals surface area (Å²) < 4.78 is 67.5. The first-order valence-corrected chi connectivity index (χ1v) is 14.9. The summed E-state index contributed by atoms with van der Waals surface area (Å²) >= 11 is 9.39. The van der Waals surface area contributed by atoms with E-state index in [4.69, 9.17) is 28.6 Å². The minimum Gasteiger partial charge on any atom is -0.393 e. The number of nitrogens with two attached hydrogens (primary N) is 2. The van der Waals surface area contributed by atoms with Gasteiger partial charge in [0.2, 0.25) is 5.91 Å². The van der Waals surface area contributed by atoms with E-state index in [1.165, 1.54) is 35.3 Å². The molecule has 3 aromatic heterocycles. The summed E-state index contributed by atoms with van der Waals surface area (Å²) in [5, 5.41) is 12.9. The average Bonchev–Trinajstić information content (AvgIpc) is 3.01. The summed E-state index contributed by atoms with van der Waals surface area (Å²) in [6.07, 6.45) is 0.959. The largest absolute Gasteiger partial charge is 0.432 e. The Morgan fingerprint density at radius 1 is 1.26 bits per heavy atom. The molecule has 250 valence electrons. The molecule has 0 saturated heterocycles. The van der Waals surface area contributed by atoms with E-state index in [1.807, 2.05) is 5.32 Å². The van der Waals surface area contributed by atoms with E-state index in [1.54, 1.807) is 6.92 Å². The second-order valence-corrected chi connectivity index (χ2v) is 11.5. The number of aromatic nitrogens is 4. The van der Waals surface area contributed by atoms with E-state index in [2.05, 4.69) is 36.2 Å². The molecule has 1 aliphatic heterocycles. The number of amides is 1. The van der Waals surface area contributed by atoms with Gasteiger partial charge in [-0.05, 0) is 47.0 Å². The van der Waals surface area contributed by atoms with Crippen molar-refractivity contribution in [1.82, 2.24) is 30.2 Å². The van der Waals surface area contributed by atoms with Crippen LogP contribution in [0.25, 0.3) is 17.0 Å². The quantitative estimate of drug-likeness (QED) is 0.0746. The maximum Gasteiger partial charge on any atom is 0.432 e. The third kappa shape index (κ3) is 8.12. The molecule has 7 N–H and O–H groups in total. The smallest absolute Gasteiger partial charge is 0.393 e. The number of alkyl halides is 5. The Morgan fingerprint density at radius 3 is 2.64 bits per heavy atom. The van der Waals surface area contributed by atoms with E-state index < -0.39 is 41.8 Å². The van der Waals surface area contributed by atoms with Crippen molar-refractivity contribution in [2.24, 2.45) is 17.5 Å². The van der Waals surface area contributed by atoms with Crippen molar-refractivity contribution in [2.45, 2.75) is 45.0 Å². The van der Waals surface area contributed by atoms with Crippen LogP contribution in [0, 0.1) is 11.3 Å². The van der Waals surface area contributed by atoms with Crippen molar-refractivity contribution in [3.05, 3.63) is 85.6 Å². The number of nitrogens with one attached hydrogen (secondary N) is 3. The van der Waals surface area contributed by atoms with Crippen LogP contribution in [-0.2, 0) is 4.79 Å². The van der Waals surface area contributed by atoms with E-state index >= 15 is 0 Å². The standard InChI is InChI=1S/C28H27BrClF5N10O2/c1-13-3-2-4-19(17-7-14(5-6-39-17)22(43-27(31)32)18(9-36)42-25(13)46)44-12-41-23(21(29)26(44)47)16-8-15(30)10-40-24(16)45(38)11-20(37)28(33,34)35/h5-13,19,27,36,43H,2-4,37-38H2,1H3,(H,42,46)/b20-11-,22-18+,36-9?. The number of rotatable bonds is 7. The van der Waals surface area contributed by atoms with E-state index in [-0.39, 0.29) is 55.6 Å². The number of anilines is 1. The van der Waals surface area contributed by atoms with Crippen LogP contribution in [-0.4, -0.2) is 44.4 Å². The van der Waals surface area contributed by atoms with E-state index in [0.717, 1.165) is 12.4 Å². The van der Waals surface area contributed by atoms with Gasteiger partial charge in [0.05, 0.1) is 46.4 Å². The molecular formula is C28H27BrClF5N10O2. The van der Waals surface area contributed by atoms with Crippen LogP contribution in [0.2, 0.25) is 5.02 Å². The lowest BCUT2D eigenvalue weighted by Gasteiger charge is -2.24. The highest BCUT2D eigenvalue weighted by Crippen LogP contribution is 2.34. The molecule has 47 heavy (non-hydrogen) atoms. The van der Waals surface area contributed by atoms with Crippen LogP contribution >= 0.6 is 27.5 Å². The molecule has 0 saturated carbocycles. The number of carbonyl (C=O) groups excluding carboxylic acids is 1. The number of halogens is 7. The maximum atomic E-state index is 13.9. The molecule has 2 unspecified atom stereocenters. The van der Waals surface area contributed by atoms with Crippen molar-refractivity contribution in [2.75, 3.05) is 5.01 Å². The lowest BCUT2D eigenvalue weighted by molar-refractivity contribution is -0.123. The number of hydrogen-bond donors (Lipinski definition) is 5. The first kappa shape index (κ1) is 35.4. The third-order valence-corrected chi connectivity index (χ3v) is 8.04. The number of pyridine rings is 2. The normalized spacial score (nSPS) is 19.4. The Bertz CT molecular complexity index is 1800. The second kappa shape index (κ2) is 14.6. The average molecular weight is 746 g/mol. The molecule has 2 bridgehead atoms. The van der Waals surface area contributed by atoms with Crippen LogP contribution in [0.1, 0.15) is 43.5 Å². The molecule has 4 heterocycles. The Kier molecular flexibility index (Phi) is 11.0. The van der Waals surface area contributed by atoms with Crippen molar-refractivity contribution in [3.8, 4) is 11.3 Å². The van der Waals surface area contributed by atoms with Crippen LogP contribution in [0.4, 0.5) is 27.8 Å². The molecule has 1 aliphatic rings. The first-order chi connectivity index (χ1) is 22.1. The van der Waals surface area contributed by atoms with Crippen LogP contribution < -0.4 is 32.8 Å². The fourth-order valence-electron chi connectivity index (χ4n) is 4.77. The molecule has 12 nitrogen and oxygen atoms in total. The fourth-order valence-corrected chi connectivity index (χ4v) is 5.44. The highest BCUT2D eigenvalue weighted by molar-refractivity contribution is 9.10. The lowest BCUT2D eigenvalue weighted by Crippen LogP contribution is -2.33. The van der Waals surface area contributed by atoms with Gasteiger partial charge in [0.25, 0.3) is 5.56 Å². The van der Waals surface area contributed by atoms with E-state index in [9.17, 15) is 31.5 Å². The van der Waals surface area contributed by atoms with Crippen LogP contribution in [0.3, 0.4) is 0 Å². The first-order valence-electron chi connectivity index (χ1n) is 13.7.